The molecule has 0 radical (unpaired) electrons. The molecule has 1 aromatic rings. The molecule has 4 aliphatic carbocycles. The van der Waals surface area contributed by atoms with E-state index in [0.29, 0.717) is 24.9 Å². The van der Waals surface area contributed by atoms with Crippen molar-refractivity contribution in [3.05, 3.63) is 30.1 Å². The Hall–Kier alpha value is -2.15. The standard InChI is InChI=1S/C24H35N5O2/c30-20-12-26-22(27-13-20)29-16-24-10-18-7-19(11-24)9-23(8-18,14-24)15-28-21(31)2-1-17-3-5-25-6-4-17/h3-6,18-20,30H,1-2,7-16H2,(H,28,31)(H2,26,27,29). The molecule has 7 heteroatoms. The Morgan fingerprint density at radius 2 is 1.84 bits per heavy atom. The van der Waals surface area contributed by atoms with Crippen LogP contribution in [0.1, 0.15) is 50.5 Å². The molecule has 0 saturated heterocycles. The summed E-state index contributed by atoms with van der Waals surface area (Å²) in [5.74, 6) is 2.58. The fourth-order valence-corrected chi connectivity index (χ4v) is 7.17. The van der Waals surface area contributed by atoms with Crippen molar-refractivity contribution in [3.8, 4) is 0 Å². The highest BCUT2D eigenvalue weighted by atomic mass is 16.3. The lowest BCUT2D eigenvalue weighted by molar-refractivity contribution is -0.127. The van der Waals surface area contributed by atoms with Crippen LogP contribution in [0.4, 0.5) is 0 Å². The first-order chi connectivity index (χ1) is 15.0. The number of carbonyl (C=O) groups is 1. The number of hydrogen-bond acceptors (Lipinski definition) is 6. The van der Waals surface area contributed by atoms with Crippen LogP contribution >= 0.6 is 0 Å². The Kier molecular flexibility index (Phi) is 5.63. The van der Waals surface area contributed by atoms with Crippen LogP contribution in [0.2, 0.25) is 0 Å². The Balaban J connectivity index is 1.17. The number of guanidine groups is 1. The van der Waals surface area contributed by atoms with Crippen LogP contribution in [0.15, 0.2) is 29.5 Å². The van der Waals surface area contributed by atoms with Gasteiger partial charge >= 0.3 is 0 Å². The third-order valence-electron chi connectivity index (χ3n) is 7.95. The van der Waals surface area contributed by atoms with Gasteiger partial charge in [0.15, 0.2) is 5.96 Å². The van der Waals surface area contributed by atoms with E-state index in [-0.39, 0.29) is 17.4 Å². The zero-order chi connectivity index (χ0) is 21.3. The number of pyridine rings is 1. The molecule has 1 aliphatic heterocycles. The maximum absolute atomic E-state index is 12.6. The van der Waals surface area contributed by atoms with E-state index in [9.17, 15) is 9.90 Å². The molecule has 4 bridgehead atoms. The van der Waals surface area contributed by atoms with Gasteiger partial charge < -0.3 is 21.1 Å². The lowest BCUT2D eigenvalue weighted by Crippen LogP contribution is -2.59. The van der Waals surface area contributed by atoms with Crippen LogP contribution in [0.5, 0.6) is 0 Å². The molecule has 4 saturated carbocycles. The highest BCUT2D eigenvalue weighted by Gasteiger charge is 2.57. The molecule has 4 fully saturated rings. The van der Waals surface area contributed by atoms with Crippen molar-refractivity contribution in [2.24, 2.45) is 27.7 Å². The summed E-state index contributed by atoms with van der Waals surface area (Å²) in [7, 11) is 0. The van der Waals surface area contributed by atoms with E-state index in [2.05, 4.69) is 25.9 Å². The second-order valence-corrected chi connectivity index (χ2v) is 10.7. The molecule has 31 heavy (non-hydrogen) atoms. The summed E-state index contributed by atoms with van der Waals surface area (Å²) in [6.45, 7) is 2.81. The predicted molar refractivity (Wildman–Crippen MR) is 119 cm³/mol. The number of amides is 1. The monoisotopic (exact) mass is 425 g/mol. The molecule has 1 aromatic heterocycles. The Morgan fingerprint density at radius 3 is 2.52 bits per heavy atom. The number of aliphatic hydroxyl groups excluding tert-OH is 1. The molecular formula is C24H35N5O2. The topological polar surface area (TPSA) is 98.6 Å². The molecule has 6 rings (SSSR count). The van der Waals surface area contributed by atoms with Gasteiger partial charge in [0.2, 0.25) is 5.91 Å². The van der Waals surface area contributed by atoms with E-state index in [1.807, 2.05) is 12.1 Å². The highest BCUT2D eigenvalue weighted by molar-refractivity contribution is 5.80. The van der Waals surface area contributed by atoms with Gasteiger partial charge in [0.25, 0.3) is 0 Å². The minimum absolute atomic E-state index is 0.166. The van der Waals surface area contributed by atoms with Gasteiger partial charge in [-0.15, -0.1) is 0 Å². The summed E-state index contributed by atoms with van der Waals surface area (Å²) >= 11 is 0. The van der Waals surface area contributed by atoms with Crippen LogP contribution in [0, 0.1) is 22.7 Å². The first-order valence-corrected chi connectivity index (χ1v) is 11.9. The third-order valence-corrected chi connectivity index (χ3v) is 7.95. The normalized spacial score (nSPS) is 35.9. The van der Waals surface area contributed by atoms with Crippen molar-refractivity contribution in [2.45, 2.75) is 57.5 Å². The molecule has 168 valence electrons. The number of carbonyl (C=O) groups excluding carboxylic acids is 1. The molecule has 0 spiro atoms. The Bertz CT molecular complexity index is 813. The molecule has 3 atom stereocenters. The molecular weight excluding hydrogens is 390 g/mol. The highest BCUT2D eigenvalue weighted by Crippen LogP contribution is 2.64. The zero-order valence-electron chi connectivity index (χ0n) is 18.3. The number of nitrogens with one attached hydrogen (secondary N) is 3. The van der Waals surface area contributed by atoms with Gasteiger partial charge in [0.05, 0.1) is 12.6 Å². The number of aromatic nitrogens is 1. The fourth-order valence-electron chi connectivity index (χ4n) is 7.17. The van der Waals surface area contributed by atoms with Crippen molar-refractivity contribution in [2.75, 3.05) is 26.2 Å². The number of nitrogens with zero attached hydrogens (tertiary/aromatic N) is 2. The van der Waals surface area contributed by atoms with E-state index in [1.54, 1.807) is 12.4 Å². The number of aliphatic imine (C=N–C) groups is 1. The average Bonchev–Trinajstić information content (AvgIpc) is 2.76. The maximum atomic E-state index is 12.6. The predicted octanol–water partition coefficient (Wildman–Crippen LogP) is 1.63. The summed E-state index contributed by atoms with van der Waals surface area (Å²) in [4.78, 5) is 21.0. The number of aliphatic hydroxyl groups is 1. The Morgan fingerprint density at radius 1 is 1.13 bits per heavy atom. The molecule has 7 nitrogen and oxygen atoms in total. The van der Waals surface area contributed by atoms with Gasteiger partial charge in [0.1, 0.15) is 0 Å². The summed E-state index contributed by atoms with van der Waals surface area (Å²) in [6, 6.07) is 3.96. The molecule has 3 unspecified atom stereocenters. The summed E-state index contributed by atoms with van der Waals surface area (Å²) in [5, 5.41) is 19.7. The molecule has 0 aromatic carbocycles. The van der Waals surface area contributed by atoms with E-state index >= 15 is 0 Å². The van der Waals surface area contributed by atoms with Gasteiger partial charge in [-0.2, -0.15) is 0 Å². The summed E-state index contributed by atoms with van der Waals surface area (Å²) < 4.78 is 0. The van der Waals surface area contributed by atoms with Gasteiger partial charge in [0, 0.05) is 38.4 Å². The van der Waals surface area contributed by atoms with Crippen LogP contribution in [-0.4, -0.2) is 54.2 Å². The lowest BCUT2D eigenvalue weighted by atomic mass is 9.44. The van der Waals surface area contributed by atoms with Crippen LogP contribution < -0.4 is 16.0 Å². The third kappa shape index (κ3) is 4.71. The van der Waals surface area contributed by atoms with Crippen molar-refractivity contribution in [1.29, 1.82) is 0 Å². The smallest absolute Gasteiger partial charge is 0.220 e. The lowest BCUT2D eigenvalue weighted by Gasteiger charge is -2.62. The van der Waals surface area contributed by atoms with Gasteiger partial charge in [-0.05, 0) is 85.3 Å². The SMILES string of the molecule is O=C(CCc1ccncc1)NCC12CC3CC(C1)CC(CNC1=NCC(O)CN1)(C3)C2. The fraction of sp³-hybridized carbons (Fsp3) is 0.708. The maximum Gasteiger partial charge on any atom is 0.220 e. The number of rotatable bonds is 7. The minimum Gasteiger partial charge on any atom is -0.389 e. The van der Waals surface area contributed by atoms with Crippen molar-refractivity contribution in [3.63, 3.8) is 0 Å². The van der Waals surface area contributed by atoms with E-state index in [0.717, 1.165) is 42.9 Å². The largest absolute Gasteiger partial charge is 0.389 e. The molecule has 1 amide bonds. The van der Waals surface area contributed by atoms with Gasteiger partial charge in [-0.1, -0.05) is 0 Å². The molecule has 4 N–H and O–H groups in total. The second kappa shape index (κ2) is 8.41. The zero-order valence-corrected chi connectivity index (χ0v) is 18.3. The molecule has 5 aliphatic rings. The summed E-state index contributed by atoms with van der Waals surface area (Å²) in [5.41, 5.74) is 1.74. The first-order valence-electron chi connectivity index (χ1n) is 11.9. The number of hydrogen-bond donors (Lipinski definition) is 4. The second-order valence-electron chi connectivity index (χ2n) is 10.7. The average molecular weight is 426 g/mol. The van der Waals surface area contributed by atoms with Crippen LogP contribution in [0.25, 0.3) is 0 Å². The first kappa shape index (κ1) is 20.7. The quantitative estimate of drug-likeness (QED) is 0.532. The van der Waals surface area contributed by atoms with E-state index < -0.39 is 0 Å². The van der Waals surface area contributed by atoms with Gasteiger partial charge in [-0.25, -0.2) is 0 Å². The van der Waals surface area contributed by atoms with Crippen molar-refractivity contribution < 1.29 is 9.90 Å². The van der Waals surface area contributed by atoms with Crippen LogP contribution in [-0.2, 0) is 11.2 Å². The van der Waals surface area contributed by atoms with Crippen LogP contribution in [0.3, 0.4) is 0 Å². The minimum atomic E-state index is -0.379. The Labute approximate surface area is 184 Å². The van der Waals surface area contributed by atoms with E-state index in [4.69, 9.17) is 0 Å². The van der Waals surface area contributed by atoms with Gasteiger partial charge in [-0.3, -0.25) is 14.8 Å². The van der Waals surface area contributed by atoms with Crippen molar-refractivity contribution in [1.82, 2.24) is 20.9 Å². The molecule has 2 heterocycles. The number of aryl methyl sites for hydroxylation is 1. The van der Waals surface area contributed by atoms with E-state index in [1.165, 1.54) is 38.5 Å². The summed E-state index contributed by atoms with van der Waals surface area (Å²) in [6.07, 6.45) is 12.2. The number of β-amino-alcohol motifs (C(OH)–C–C–N with tert-alkyl or cyclic N) is 1. The van der Waals surface area contributed by atoms with Crippen molar-refractivity contribution >= 4 is 11.9 Å².